The summed E-state index contributed by atoms with van der Waals surface area (Å²) in [6, 6.07) is 2.15. The van der Waals surface area contributed by atoms with Crippen LogP contribution >= 0.6 is 0 Å². The fourth-order valence-corrected chi connectivity index (χ4v) is 1.40. The van der Waals surface area contributed by atoms with Crippen molar-refractivity contribution in [2.75, 3.05) is 7.05 Å². The van der Waals surface area contributed by atoms with Crippen molar-refractivity contribution < 1.29 is 39.1 Å². The molecular formula is C14H18N2O8. The highest BCUT2D eigenvalue weighted by molar-refractivity contribution is 5.99. The largest absolute Gasteiger partial charge is 0.492 e. The van der Waals surface area contributed by atoms with Gasteiger partial charge in [-0.05, 0) is 13.8 Å². The van der Waals surface area contributed by atoms with Gasteiger partial charge in [-0.25, -0.2) is 9.59 Å². The van der Waals surface area contributed by atoms with E-state index in [-0.39, 0.29) is 12.8 Å². The minimum Gasteiger partial charge on any atom is -0.492 e. The van der Waals surface area contributed by atoms with E-state index in [1.807, 2.05) is 0 Å². The topological polar surface area (TPSA) is 135 Å². The molecule has 2 N–H and O–H groups in total. The highest BCUT2D eigenvalue weighted by atomic mass is 16.7. The number of amides is 1. The van der Waals surface area contributed by atoms with Crippen LogP contribution in [0, 0.1) is 5.41 Å². The lowest BCUT2D eigenvalue weighted by atomic mass is 9.94. The molecule has 1 heterocycles. The molecule has 1 aromatic heterocycles. The normalized spacial score (nSPS) is 10.8. The molecule has 1 aromatic rings. The summed E-state index contributed by atoms with van der Waals surface area (Å²) in [7, 11) is 1.16. The maximum Gasteiger partial charge on any atom is 0.349 e. The van der Waals surface area contributed by atoms with Gasteiger partial charge in [-0.2, -0.15) is 5.06 Å². The molecule has 0 saturated heterocycles. The van der Waals surface area contributed by atoms with Gasteiger partial charge in [-0.15, -0.1) is 4.73 Å². The number of hydrogen-bond acceptors (Lipinski definition) is 8. The van der Waals surface area contributed by atoms with Gasteiger partial charge >= 0.3 is 11.9 Å². The molecule has 0 unspecified atom stereocenters. The van der Waals surface area contributed by atoms with Crippen LogP contribution in [0.2, 0.25) is 0 Å². The second-order valence-electron chi connectivity index (χ2n) is 5.32. The fraction of sp³-hybridized carbons (Fsp3) is 0.429. The van der Waals surface area contributed by atoms with Gasteiger partial charge in [0.2, 0.25) is 11.8 Å². The van der Waals surface area contributed by atoms with Crippen LogP contribution in [0.15, 0.2) is 12.1 Å². The van der Waals surface area contributed by atoms with Gasteiger partial charge in [0, 0.05) is 32.0 Å². The molecule has 24 heavy (non-hydrogen) atoms. The van der Waals surface area contributed by atoms with Crippen LogP contribution in [0.3, 0.4) is 0 Å². The molecular weight excluding hydrogens is 324 g/mol. The predicted octanol–water partition coefficient (Wildman–Crippen LogP) is -0.224. The quantitative estimate of drug-likeness (QED) is 0.411. The molecule has 1 amide bonds. The number of hydroxylamine groups is 2. The molecule has 10 nitrogen and oxygen atoms in total. The highest BCUT2D eigenvalue weighted by Crippen LogP contribution is 2.23. The average Bonchev–Trinajstić information content (AvgIpc) is 2.83. The van der Waals surface area contributed by atoms with Gasteiger partial charge in [0.1, 0.15) is 6.29 Å². The number of aromatic nitrogens is 1. The molecule has 0 aliphatic carbocycles. The van der Waals surface area contributed by atoms with Gasteiger partial charge in [0.05, 0.1) is 0 Å². The molecule has 0 fully saturated rings. The lowest BCUT2D eigenvalue weighted by Gasteiger charge is -2.23. The Hall–Kier alpha value is -3.04. The van der Waals surface area contributed by atoms with Crippen LogP contribution in [-0.4, -0.2) is 51.2 Å². The van der Waals surface area contributed by atoms with Crippen molar-refractivity contribution in [3.63, 3.8) is 0 Å². The molecule has 132 valence electrons. The summed E-state index contributed by atoms with van der Waals surface area (Å²) >= 11 is 0. The first-order valence-electron chi connectivity index (χ1n) is 6.86. The van der Waals surface area contributed by atoms with E-state index in [0.29, 0.717) is 16.1 Å². The first kappa shape index (κ1) is 19.0. The monoisotopic (exact) mass is 342 g/mol. The molecule has 1 rings (SSSR count). The average molecular weight is 342 g/mol. The van der Waals surface area contributed by atoms with Gasteiger partial charge in [-0.3, -0.25) is 4.79 Å². The summed E-state index contributed by atoms with van der Waals surface area (Å²) < 4.78 is 0.427. The van der Waals surface area contributed by atoms with Gasteiger partial charge in [0.25, 0.3) is 5.91 Å². The summed E-state index contributed by atoms with van der Waals surface area (Å²) in [5.41, 5.74) is -1.84. The second kappa shape index (κ2) is 7.49. The minimum absolute atomic E-state index is 0.0294. The zero-order valence-corrected chi connectivity index (χ0v) is 13.4. The van der Waals surface area contributed by atoms with Crippen molar-refractivity contribution in [2.24, 2.45) is 5.41 Å². The van der Waals surface area contributed by atoms with Crippen molar-refractivity contribution >= 4 is 24.1 Å². The van der Waals surface area contributed by atoms with Crippen molar-refractivity contribution in [3.8, 4) is 11.8 Å². The molecule has 0 spiro atoms. The van der Waals surface area contributed by atoms with Crippen LogP contribution < -0.4 is 4.84 Å². The summed E-state index contributed by atoms with van der Waals surface area (Å²) in [6.45, 7) is 2.36. The van der Waals surface area contributed by atoms with E-state index < -0.39 is 35.0 Å². The summed E-state index contributed by atoms with van der Waals surface area (Å²) in [4.78, 5) is 55.5. The van der Waals surface area contributed by atoms with Crippen LogP contribution in [0.1, 0.15) is 26.7 Å². The van der Waals surface area contributed by atoms with Gasteiger partial charge in [0.15, 0.2) is 5.41 Å². The third-order valence-corrected chi connectivity index (χ3v) is 3.04. The van der Waals surface area contributed by atoms with Gasteiger partial charge in [-0.1, -0.05) is 0 Å². The maximum atomic E-state index is 12.1. The highest BCUT2D eigenvalue weighted by Gasteiger charge is 2.42. The third-order valence-electron chi connectivity index (χ3n) is 3.04. The van der Waals surface area contributed by atoms with Crippen LogP contribution in [-0.2, 0) is 24.0 Å². The van der Waals surface area contributed by atoms with E-state index in [0.717, 1.165) is 19.2 Å². The fourth-order valence-electron chi connectivity index (χ4n) is 1.40. The number of aromatic hydroxyl groups is 2. The first-order chi connectivity index (χ1) is 11.1. The Morgan fingerprint density at radius 2 is 1.75 bits per heavy atom. The van der Waals surface area contributed by atoms with E-state index in [4.69, 9.17) is 9.68 Å². The zero-order chi connectivity index (χ0) is 18.5. The lowest BCUT2D eigenvalue weighted by Crippen LogP contribution is -2.44. The van der Waals surface area contributed by atoms with E-state index in [1.54, 1.807) is 0 Å². The molecule has 0 radical (unpaired) electrons. The maximum absolute atomic E-state index is 12.1. The Labute approximate surface area is 137 Å². The molecule has 0 bridgehead atoms. The number of carbonyl (C=O) groups is 4. The number of aldehydes is 1. The molecule has 0 aliphatic heterocycles. The summed E-state index contributed by atoms with van der Waals surface area (Å²) in [6.07, 6.45) is 0.368. The van der Waals surface area contributed by atoms with E-state index in [9.17, 15) is 29.4 Å². The smallest absolute Gasteiger partial charge is 0.349 e. The Bertz CT molecular complexity index is 630. The van der Waals surface area contributed by atoms with Crippen LogP contribution in [0.5, 0.6) is 11.8 Å². The Balaban J connectivity index is 2.75. The van der Waals surface area contributed by atoms with Crippen LogP contribution in [0.25, 0.3) is 0 Å². The van der Waals surface area contributed by atoms with Crippen molar-refractivity contribution in [2.45, 2.75) is 26.7 Å². The van der Waals surface area contributed by atoms with E-state index in [1.165, 1.54) is 13.8 Å². The predicted molar refractivity (Wildman–Crippen MR) is 77.3 cm³/mol. The first-order valence-corrected chi connectivity index (χ1v) is 6.86. The number of rotatable bonds is 6. The van der Waals surface area contributed by atoms with Crippen molar-refractivity contribution in [1.82, 2.24) is 9.79 Å². The van der Waals surface area contributed by atoms with E-state index in [2.05, 4.69) is 0 Å². The van der Waals surface area contributed by atoms with Crippen molar-refractivity contribution in [3.05, 3.63) is 12.1 Å². The van der Waals surface area contributed by atoms with E-state index >= 15 is 0 Å². The summed E-state index contributed by atoms with van der Waals surface area (Å²) in [5.74, 6) is -3.96. The minimum atomic E-state index is -1.84. The molecule has 0 aromatic carbocycles. The molecule has 10 heteroatoms. The standard InChI is InChI=1S/C14H18N2O8/c1-14(2,12(21)23-15(3)9(18)5-4-8-17)13(22)24-16-10(19)6-7-11(16)20/h6-8,19-20H,4-5H2,1-3H3. The summed E-state index contributed by atoms with van der Waals surface area (Å²) in [5, 5.41) is 19.4. The second-order valence-corrected chi connectivity index (χ2v) is 5.32. The van der Waals surface area contributed by atoms with Crippen LogP contribution in [0.4, 0.5) is 0 Å². The Kier molecular flexibility index (Phi) is 5.93. The molecule has 0 saturated carbocycles. The number of nitrogens with zero attached hydrogens (tertiary/aromatic N) is 2. The number of hydrogen-bond donors (Lipinski definition) is 2. The Morgan fingerprint density at radius 3 is 2.25 bits per heavy atom. The zero-order valence-electron chi connectivity index (χ0n) is 13.4. The molecule has 0 aliphatic rings. The third kappa shape index (κ3) is 4.24. The Morgan fingerprint density at radius 1 is 1.21 bits per heavy atom. The number of carbonyl (C=O) groups excluding carboxylic acids is 4. The van der Waals surface area contributed by atoms with Gasteiger partial charge < -0.3 is 24.7 Å². The lowest BCUT2D eigenvalue weighted by molar-refractivity contribution is -0.204. The SMILES string of the molecule is CN(OC(=O)C(C)(C)C(=O)On1c(O)ccc1O)C(=O)CCC=O. The van der Waals surface area contributed by atoms with Crippen molar-refractivity contribution in [1.29, 1.82) is 0 Å². The molecule has 0 atom stereocenters.